The van der Waals surface area contributed by atoms with E-state index in [9.17, 15) is 14.4 Å². The summed E-state index contributed by atoms with van der Waals surface area (Å²) in [6.07, 6.45) is 4.99. The summed E-state index contributed by atoms with van der Waals surface area (Å²) in [7, 11) is 0. The van der Waals surface area contributed by atoms with E-state index in [1.165, 1.54) is 6.20 Å². The molecule has 0 unspecified atom stereocenters. The smallest absolute Gasteiger partial charge is 0.257 e. The number of nitrogens with zero attached hydrogens (tertiary/aromatic N) is 1. The molecule has 1 aliphatic carbocycles. The van der Waals surface area contributed by atoms with Crippen molar-refractivity contribution in [1.29, 1.82) is 0 Å². The molecule has 0 atom stereocenters. The molecule has 1 aliphatic rings. The lowest BCUT2D eigenvalue weighted by atomic mass is 10.1. The van der Waals surface area contributed by atoms with E-state index in [4.69, 9.17) is 11.6 Å². The summed E-state index contributed by atoms with van der Waals surface area (Å²) in [6, 6.07) is 16.8. The molecule has 1 fully saturated rings. The first kappa shape index (κ1) is 20.9. The summed E-state index contributed by atoms with van der Waals surface area (Å²) in [6.45, 7) is 0.483. The fourth-order valence-corrected chi connectivity index (χ4v) is 3.49. The molecule has 1 heterocycles. The van der Waals surface area contributed by atoms with Crippen LogP contribution in [-0.4, -0.2) is 16.4 Å². The van der Waals surface area contributed by atoms with Crippen molar-refractivity contribution in [3.8, 4) is 0 Å². The Morgan fingerprint density at radius 2 is 1.45 bits per heavy atom. The number of carbonyl (C=O) groups excluding carboxylic acids is 2. The molecule has 1 saturated carbocycles. The van der Waals surface area contributed by atoms with Crippen molar-refractivity contribution in [2.45, 2.75) is 32.0 Å². The fourth-order valence-electron chi connectivity index (χ4n) is 3.29. The number of nitrogens with one attached hydrogen (secondary N) is 2. The fraction of sp³-hybridized carbons (Fsp3) is 0.208. The van der Waals surface area contributed by atoms with Crippen LogP contribution in [0, 0.1) is 0 Å². The van der Waals surface area contributed by atoms with Gasteiger partial charge in [-0.3, -0.25) is 14.4 Å². The summed E-state index contributed by atoms with van der Waals surface area (Å²) in [4.78, 5) is 38.5. The third kappa shape index (κ3) is 5.03. The molecule has 0 spiro atoms. The van der Waals surface area contributed by atoms with E-state index in [0.29, 0.717) is 11.6 Å². The van der Waals surface area contributed by atoms with E-state index in [2.05, 4.69) is 10.6 Å². The first-order chi connectivity index (χ1) is 15.0. The molecular formula is C24H22ClN3O3. The van der Waals surface area contributed by atoms with Gasteiger partial charge < -0.3 is 15.2 Å². The van der Waals surface area contributed by atoms with E-state index in [0.717, 1.165) is 24.0 Å². The van der Waals surface area contributed by atoms with Crippen LogP contribution in [0.4, 0.5) is 0 Å². The highest BCUT2D eigenvalue weighted by molar-refractivity contribution is 6.31. The van der Waals surface area contributed by atoms with E-state index < -0.39 is 17.2 Å². The second-order valence-corrected chi connectivity index (χ2v) is 7.94. The van der Waals surface area contributed by atoms with Crippen molar-refractivity contribution in [2.24, 2.45) is 0 Å². The van der Waals surface area contributed by atoms with Crippen LogP contribution >= 0.6 is 11.6 Å². The predicted molar refractivity (Wildman–Crippen MR) is 119 cm³/mol. The minimum atomic E-state index is -0.584. The van der Waals surface area contributed by atoms with Gasteiger partial charge in [0.25, 0.3) is 11.8 Å². The standard InChI is InChI=1S/C24H22ClN3O3/c25-21-9-5-4-8-17(21)13-27-24(31)20-15-28(18-10-11-18)14-19(22(20)29)23(30)26-12-16-6-2-1-3-7-16/h1-9,14-15,18H,10-13H2,(H,26,30)(H,27,31). The molecule has 0 bridgehead atoms. The third-order valence-corrected chi connectivity index (χ3v) is 5.57. The Kier molecular flexibility index (Phi) is 6.18. The summed E-state index contributed by atoms with van der Waals surface area (Å²) in [5, 5.41) is 6.05. The topological polar surface area (TPSA) is 80.2 Å². The molecule has 4 rings (SSSR count). The molecule has 2 amide bonds. The van der Waals surface area contributed by atoms with Gasteiger partial charge in [-0.25, -0.2) is 0 Å². The SMILES string of the molecule is O=C(NCc1ccccc1)c1cn(C2CC2)cc(C(=O)NCc2ccccc2Cl)c1=O. The molecule has 0 radical (unpaired) electrons. The first-order valence-electron chi connectivity index (χ1n) is 10.1. The number of hydrogen-bond acceptors (Lipinski definition) is 3. The summed E-state index contributed by atoms with van der Waals surface area (Å²) < 4.78 is 1.79. The molecule has 3 aromatic rings. The Hall–Kier alpha value is -3.38. The quantitative estimate of drug-likeness (QED) is 0.593. The predicted octanol–water partition coefficient (Wildman–Crippen LogP) is 3.70. The zero-order valence-electron chi connectivity index (χ0n) is 16.8. The monoisotopic (exact) mass is 435 g/mol. The normalized spacial score (nSPS) is 12.9. The van der Waals surface area contributed by atoms with Crippen molar-refractivity contribution in [3.63, 3.8) is 0 Å². The lowest BCUT2D eigenvalue weighted by Gasteiger charge is -2.12. The van der Waals surface area contributed by atoms with Crippen LogP contribution < -0.4 is 16.1 Å². The van der Waals surface area contributed by atoms with Gasteiger partial charge in [0.2, 0.25) is 5.43 Å². The van der Waals surface area contributed by atoms with Crippen LogP contribution in [0.1, 0.15) is 50.7 Å². The first-order valence-corrected chi connectivity index (χ1v) is 10.5. The second-order valence-electron chi connectivity index (χ2n) is 7.54. The zero-order valence-corrected chi connectivity index (χ0v) is 17.6. The Bertz CT molecular complexity index is 1170. The van der Waals surface area contributed by atoms with Gasteiger partial charge in [0.05, 0.1) is 0 Å². The van der Waals surface area contributed by atoms with Crippen molar-refractivity contribution in [2.75, 3.05) is 0 Å². The third-order valence-electron chi connectivity index (χ3n) is 5.20. The maximum atomic E-state index is 13.0. The lowest BCUT2D eigenvalue weighted by Crippen LogP contribution is -2.35. The number of pyridine rings is 1. The van der Waals surface area contributed by atoms with Crippen LogP contribution in [0.25, 0.3) is 0 Å². The molecule has 0 aliphatic heterocycles. The Balaban J connectivity index is 1.55. The summed E-state index contributed by atoms with van der Waals surface area (Å²) >= 11 is 6.14. The van der Waals surface area contributed by atoms with Gasteiger partial charge in [-0.15, -0.1) is 0 Å². The number of halogens is 1. The Labute approximate surface area is 184 Å². The minimum absolute atomic E-state index is 0.0341. The van der Waals surface area contributed by atoms with E-state index in [1.54, 1.807) is 29.0 Å². The summed E-state index contributed by atoms with van der Waals surface area (Å²) in [5.41, 5.74) is 1.00. The molecule has 31 heavy (non-hydrogen) atoms. The highest BCUT2D eigenvalue weighted by Crippen LogP contribution is 2.34. The van der Waals surface area contributed by atoms with Crippen LogP contribution in [0.2, 0.25) is 5.02 Å². The molecule has 158 valence electrons. The highest BCUT2D eigenvalue weighted by atomic mass is 35.5. The average Bonchev–Trinajstić information content (AvgIpc) is 3.63. The molecule has 1 aromatic heterocycles. The zero-order chi connectivity index (χ0) is 21.8. The lowest BCUT2D eigenvalue weighted by molar-refractivity contribution is 0.0947. The number of amides is 2. The maximum Gasteiger partial charge on any atom is 0.257 e. The van der Waals surface area contributed by atoms with Gasteiger partial charge in [0.1, 0.15) is 11.1 Å². The highest BCUT2D eigenvalue weighted by Gasteiger charge is 2.27. The van der Waals surface area contributed by atoms with Crippen molar-refractivity contribution in [3.05, 3.63) is 104 Å². The average molecular weight is 436 g/mol. The van der Waals surface area contributed by atoms with Gasteiger partial charge in [0, 0.05) is 36.5 Å². The minimum Gasteiger partial charge on any atom is -0.349 e. The van der Waals surface area contributed by atoms with Gasteiger partial charge >= 0.3 is 0 Å². The molecule has 6 nitrogen and oxygen atoms in total. The van der Waals surface area contributed by atoms with E-state index in [-0.39, 0.29) is 23.7 Å². The number of aromatic nitrogens is 1. The van der Waals surface area contributed by atoms with Gasteiger partial charge in [-0.1, -0.05) is 60.1 Å². The van der Waals surface area contributed by atoms with Crippen molar-refractivity contribution < 1.29 is 9.59 Å². The van der Waals surface area contributed by atoms with Crippen LogP contribution in [0.5, 0.6) is 0 Å². The molecule has 2 aromatic carbocycles. The second kappa shape index (κ2) is 9.18. The molecular weight excluding hydrogens is 414 g/mol. The number of rotatable bonds is 7. The van der Waals surface area contributed by atoms with Gasteiger partial charge in [-0.05, 0) is 30.0 Å². The largest absolute Gasteiger partial charge is 0.349 e. The van der Waals surface area contributed by atoms with Crippen molar-refractivity contribution >= 4 is 23.4 Å². The maximum absolute atomic E-state index is 13.0. The molecule has 7 heteroatoms. The molecule has 0 saturated heterocycles. The number of carbonyl (C=O) groups is 2. The number of hydrogen-bond donors (Lipinski definition) is 2. The summed E-state index contributed by atoms with van der Waals surface area (Å²) in [5.74, 6) is -1.03. The van der Waals surface area contributed by atoms with Crippen molar-refractivity contribution in [1.82, 2.24) is 15.2 Å². The van der Waals surface area contributed by atoms with Crippen LogP contribution in [0.3, 0.4) is 0 Å². The van der Waals surface area contributed by atoms with Crippen LogP contribution in [-0.2, 0) is 13.1 Å². The molecule has 2 N–H and O–H groups in total. The van der Waals surface area contributed by atoms with Gasteiger partial charge in [0.15, 0.2) is 0 Å². The Morgan fingerprint density at radius 1 is 0.871 bits per heavy atom. The number of benzene rings is 2. The van der Waals surface area contributed by atoms with E-state index >= 15 is 0 Å². The van der Waals surface area contributed by atoms with Gasteiger partial charge in [-0.2, -0.15) is 0 Å². The van der Waals surface area contributed by atoms with E-state index in [1.807, 2.05) is 36.4 Å². The van der Waals surface area contributed by atoms with Crippen LogP contribution in [0.15, 0.2) is 71.8 Å². The Morgan fingerprint density at radius 3 is 2.06 bits per heavy atom.